The lowest BCUT2D eigenvalue weighted by Gasteiger charge is -2.65. The summed E-state index contributed by atoms with van der Waals surface area (Å²) in [5, 5.41) is 10.4. The Morgan fingerprint density at radius 3 is 2.39 bits per heavy atom. The van der Waals surface area contributed by atoms with Crippen molar-refractivity contribution in [2.75, 3.05) is 6.61 Å². The van der Waals surface area contributed by atoms with Crippen LogP contribution in [-0.2, 0) is 42.9 Å². The van der Waals surface area contributed by atoms with E-state index in [2.05, 4.69) is 0 Å². The van der Waals surface area contributed by atoms with Gasteiger partial charge < -0.3 is 28.8 Å². The number of carbonyl (C=O) groups is 4. The summed E-state index contributed by atoms with van der Waals surface area (Å²) in [5.41, 5.74) is -4.23. The van der Waals surface area contributed by atoms with Crippen molar-refractivity contribution in [2.45, 2.75) is 89.2 Å². The van der Waals surface area contributed by atoms with E-state index in [0.29, 0.717) is 12.8 Å². The van der Waals surface area contributed by atoms with Crippen LogP contribution in [0.5, 0.6) is 0 Å². The van der Waals surface area contributed by atoms with E-state index in [1.54, 1.807) is 0 Å². The van der Waals surface area contributed by atoms with E-state index < -0.39 is 64.0 Å². The smallest absolute Gasteiger partial charge is 0.339 e. The summed E-state index contributed by atoms with van der Waals surface area (Å²) in [6.07, 6.45) is -1.25. The third-order valence-electron chi connectivity index (χ3n) is 11.0. The predicted octanol–water partition coefficient (Wildman–Crippen LogP) is 0.973. The Kier molecular flexibility index (Phi) is 4.06. The zero-order valence-electron chi connectivity index (χ0n) is 20.7. The molecule has 4 unspecified atom stereocenters. The summed E-state index contributed by atoms with van der Waals surface area (Å²) < 4.78 is 29.1. The van der Waals surface area contributed by atoms with Gasteiger partial charge in [-0.05, 0) is 39.5 Å². The van der Waals surface area contributed by atoms with Crippen molar-refractivity contribution in [1.82, 2.24) is 0 Å². The molecule has 4 saturated heterocycles. The van der Waals surface area contributed by atoms with E-state index >= 15 is 0 Å². The Morgan fingerprint density at radius 2 is 1.69 bits per heavy atom. The Hall–Kier alpha value is -2.30. The van der Waals surface area contributed by atoms with Crippen LogP contribution in [0.1, 0.15) is 53.4 Å². The molecule has 2 aliphatic carbocycles. The molecule has 10 atom stereocenters. The van der Waals surface area contributed by atoms with Crippen LogP contribution in [-0.4, -0.2) is 71.2 Å². The van der Waals surface area contributed by atoms with Crippen molar-refractivity contribution < 1.29 is 48.0 Å². The first kappa shape index (κ1) is 22.9. The molecule has 7 rings (SSSR count). The van der Waals surface area contributed by atoms with Gasteiger partial charge in [0.15, 0.2) is 6.10 Å². The highest BCUT2D eigenvalue weighted by Crippen LogP contribution is 2.78. The molecule has 0 aromatic carbocycles. The van der Waals surface area contributed by atoms with Crippen molar-refractivity contribution >= 4 is 23.7 Å². The molecule has 2 saturated carbocycles. The van der Waals surface area contributed by atoms with Crippen LogP contribution in [0.2, 0.25) is 0 Å². The molecule has 6 fully saturated rings. The molecule has 10 heteroatoms. The fraction of sp³-hybridized carbons (Fsp3) is 0.769. The van der Waals surface area contributed by atoms with Gasteiger partial charge in [-0.3, -0.25) is 9.59 Å². The number of epoxide rings is 1. The topological polar surface area (TPSA) is 138 Å². The van der Waals surface area contributed by atoms with E-state index in [9.17, 15) is 24.3 Å². The lowest BCUT2D eigenvalue weighted by molar-refractivity contribution is -0.223. The van der Waals surface area contributed by atoms with Gasteiger partial charge in [0.1, 0.15) is 24.1 Å². The molecule has 0 bridgehead atoms. The van der Waals surface area contributed by atoms with Crippen LogP contribution in [0.3, 0.4) is 0 Å². The van der Waals surface area contributed by atoms with E-state index in [1.807, 2.05) is 27.7 Å². The average molecular weight is 503 g/mol. The number of aliphatic hydroxyl groups excluding tert-OH is 1. The van der Waals surface area contributed by atoms with Crippen LogP contribution in [0, 0.1) is 28.1 Å². The second kappa shape index (κ2) is 6.39. The molecule has 5 heterocycles. The monoisotopic (exact) mass is 502 g/mol. The maximum Gasteiger partial charge on any atom is 0.339 e. The van der Waals surface area contributed by atoms with Gasteiger partial charge in [0.05, 0.1) is 23.5 Å². The molecule has 7 aliphatic rings. The van der Waals surface area contributed by atoms with Crippen LogP contribution in [0.4, 0.5) is 0 Å². The largest absolute Gasteiger partial charge is 0.465 e. The first-order valence-corrected chi connectivity index (χ1v) is 12.7. The van der Waals surface area contributed by atoms with E-state index in [-0.39, 0.29) is 48.6 Å². The molecular formula is C26H30O10. The van der Waals surface area contributed by atoms with Gasteiger partial charge in [0.2, 0.25) is 6.29 Å². The van der Waals surface area contributed by atoms with E-state index in [4.69, 9.17) is 23.7 Å². The minimum Gasteiger partial charge on any atom is -0.465 e. The highest BCUT2D eigenvalue weighted by molar-refractivity contribution is 5.94. The summed E-state index contributed by atoms with van der Waals surface area (Å²) in [4.78, 5) is 51.7. The number of carbonyl (C=O) groups excluding carboxylic acids is 4. The first-order chi connectivity index (χ1) is 16.8. The van der Waals surface area contributed by atoms with Gasteiger partial charge in [-0.1, -0.05) is 6.92 Å². The number of aliphatic hydroxyl groups is 1. The summed E-state index contributed by atoms with van der Waals surface area (Å²) in [7, 11) is 0. The third kappa shape index (κ3) is 2.23. The zero-order valence-corrected chi connectivity index (χ0v) is 20.7. The number of cyclic esters (lactones) is 3. The Bertz CT molecular complexity index is 1170. The Morgan fingerprint density at radius 1 is 0.944 bits per heavy atom. The maximum absolute atomic E-state index is 14.3. The van der Waals surface area contributed by atoms with Gasteiger partial charge in [-0.25, -0.2) is 9.59 Å². The lowest BCUT2D eigenvalue weighted by atomic mass is 9.37. The lowest BCUT2D eigenvalue weighted by Crippen LogP contribution is -2.74. The highest BCUT2D eigenvalue weighted by Gasteiger charge is 2.90. The molecule has 0 radical (unpaired) electrons. The zero-order chi connectivity index (χ0) is 25.6. The average Bonchev–Trinajstić information content (AvgIpc) is 3.43. The minimum absolute atomic E-state index is 0.00694. The molecule has 0 aromatic rings. The Labute approximate surface area is 207 Å². The Balaban J connectivity index is 1.39. The second-order valence-electron chi connectivity index (χ2n) is 12.6. The summed E-state index contributed by atoms with van der Waals surface area (Å²) in [6, 6.07) is 0. The third-order valence-corrected chi connectivity index (χ3v) is 11.0. The number of ketones is 1. The van der Waals surface area contributed by atoms with Gasteiger partial charge in [0, 0.05) is 34.8 Å². The fourth-order valence-corrected chi connectivity index (χ4v) is 9.54. The number of fused-ring (bicyclic) bond motifs is 1. The van der Waals surface area contributed by atoms with E-state index in [1.165, 1.54) is 6.08 Å². The quantitative estimate of drug-likeness (QED) is 0.314. The molecule has 36 heavy (non-hydrogen) atoms. The highest BCUT2D eigenvalue weighted by atomic mass is 16.7. The fourth-order valence-electron chi connectivity index (χ4n) is 9.54. The minimum atomic E-state index is -1.53. The first-order valence-electron chi connectivity index (χ1n) is 12.7. The summed E-state index contributed by atoms with van der Waals surface area (Å²) >= 11 is 0. The molecule has 5 aliphatic heterocycles. The van der Waals surface area contributed by atoms with Gasteiger partial charge in [-0.2, -0.15) is 0 Å². The number of hydrogen-bond donors (Lipinski definition) is 1. The van der Waals surface area contributed by atoms with Crippen molar-refractivity contribution in [1.29, 1.82) is 0 Å². The van der Waals surface area contributed by atoms with Crippen molar-refractivity contribution in [2.24, 2.45) is 28.1 Å². The predicted molar refractivity (Wildman–Crippen MR) is 117 cm³/mol. The second-order valence-corrected chi connectivity index (χ2v) is 12.6. The van der Waals surface area contributed by atoms with Crippen LogP contribution in [0.15, 0.2) is 11.6 Å². The number of hydrogen-bond acceptors (Lipinski definition) is 10. The van der Waals surface area contributed by atoms with Gasteiger partial charge in [0.25, 0.3) is 0 Å². The molecular weight excluding hydrogens is 472 g/mol. The van der Waals surface area contributed by atoms with Crippen molar-refractivity contribution in [3.63, 3.8) is 0 Å². The summed E-state index contributed by atoms with van der Waals surface area (Å²) in [5.74, 6) is -2.06. The molecule has 194 valence electrons. The normalized spacial score (nSPS) is 54.1. The van der Waals surface area contributed by atoms with Crippen LogP contribution < -0.4 is 0 Å². The molecule has 2 spiro atoms. The molecule has 1 N–H and O–H groups in total. The number of Topliss-reactive ketones (excluding diaryl/α,β-unsaturated/α-hetero) is 1. The van der Waals surface area contributed by atoms with Crippen LogP contribution in [0.25, 0.3) is 0 Å². The van der Waals surface area contributed by atoms with Gasteiger partial charge in [-0.15, -0.1) is 0 Å². The number of rotatable bonds is 1. The maximum atomic E-state index is 14.3. The van der Waals surface area contributed by atoms with Gasteiger partial charge >= 0.3 is 17.9 Å². The molecule has 0 aromatic heterocycles. The SMILES string of the molecule is CC1(C)OC2CC(=O)OC[C@]23[C@H]2CC[C@@]4(C)C(C5=CC(=O)OC5O)OC(=O)C5O[C@]54[C@]2(C)C(=O)C[C@@H]13. The van der Waals surface area contributed by atoms with Crippen molar-refractivity contribution in [3.05, 3.63) is 11.6 Å². The molecule has 0 amide bonds. The number of esters is 3. The number of ether oxygens (including phenoxy) is 5. The van der Waals surface area contributed by atoms with Crippen molar-refractivity contribution in [3.8, 4) is 0 Å². The summed E-state index contributed by atoms with van der Waals surface area (Å²) in [6.45, 7) is 7.90. The standard InChI is InChI=1S/C26H30O10/c1-22(2)13-8-14(27)24(4)12(25(13)10-32-16(28)9-15(25)35-22)5-6-23(3)18(11-7-17(29)33-20(11)30)34-21(31)19-26(23,24)36-19/h7,12-13,15,18-20,30H,5-6,8-10H2,1-4H3/t12-,13-,15?,18?,19?,20?,23-,24-,25+,26+/m0/s1. The van der Waals surface area contributed by atoms with Crippen LogP contribution >= 0.6 is 0 Å². The molecule has 10 nitrogen and oxygen atoms in total. The van der Waals surface area contributed by atoms with E-state index in [0.717, 1.165) is 0 Å².